The molecule has 0 unspecified atom stereocenters. The van der Waals surface area contributed by atoms with Gasteiger partial charge in [-0.15, -0.1) is 0 Å². The molecule has 0 saturated carbocycles. The lowest BCUT2D eigenvalue weighted by Crippen LogP contribution is -2.22. The molecule has 1 aromatic rings. The second kappa shape index (κ2) is 5.84. The normalized spacial score (nSPS) is 11.8. The van der Waals surface area contributed by atoms with Crippen LogP contribution in [0.15, 0.2) is 10.8 Å². The van der Waals surface area contributed by atoms with Gasteiger partial charge in [0.15, 0.2) is 5.75 Å². The first kappa shape index (κ1) is 13.7. The molecule has 0 aliphatic carbocycles. The maximum Gasteiger partial charge on any atom is 0.171 e. The van der Waals surface area contributed by atoms with Crippen molar-refractivity contribution in [1.29, 1.82) is 0 Å². The van der Waals surface area contributed by atoms with Gasteiger partial charge in [0.05, 0.1) is 13.3 Å². The van der Waals surface area contributed by atoms with Crippen LogP contribution < -0.4 is 4.74 Å². The maximum absolute atomic E-state index is 5.58. The van der Waals surface area contributed by atoms with Crippen LogP contribution in [0.25, 0.3) is 0 Å². The molecule has 0 atom stereocenters. The summed E-state index contributed by atoms with van der Waals surface area (Å²) in [6.07, 6.45) is 1.67. The zero-order chi connectivity index (χ0) is 12.2. The van der Waals surface area contributed by atoms with Crippen LogP contribution in [0.1, 0.15) is 0 Å². The molecule has 6 heteroatoms. The van der Waals surface area contributed by atoms with Gasteiger partial charge in [-0.25, -0.2) is 4.68 Å². The Morgan fingerprint density at radius 3 is 2.62 bits per heavy atom. The lowest BCUT2D eigenvalue weighted by Gasteiger charge is -2.15. The van der Waals surface area contributed by atoms with Gasteiger partial charge in [-0.05, 0) is 22.0 Å². The lowest BCUT2D eigenvalue weighted by atomic mass is 10.7. The van der Waals surface area contributed by atoms with Crippen molar-refractivity contribution in [1.82, 2.24) is 9.78 Å². The van der Waals surface area contributed by atoms with Gasteiger partial charge in [-0.3, -0.25) is 0 Å². The average molecular weight is 307 g/mol. The van der Waals surface area contributed by atoms with E-state index in [2.05, 4.69) is 40.7 Å². The van der Waals surface area contributed by atoms with E-state index in [0.717, 1.165) is 17.0 Å². The van der Waals surface area contributed by atoms with Crippen LogP contribution in [0.5, 0.6) is 5.75 Å². The Hall–Kier alpha value is -0.333. The third-order valence-corrected chi connectivity index (χ3v) is 4.68. The van der Waals surface area contributed by atoms with E-state index in [1.165, 1.54) is 6.04 Å². The quantitative estimate of drug-likeness (QED) is 0.599. The monoisotopic (exact) mass is 306 g/mol. The Labute approximate surface area is 106 Å². The van der Waals surface area contributed by atoms with Crippen LogP contribution in [-0.4, -0.2) is 31.6 Å². The Bertz CT molecular complexity index is 336. The number of hydrogen-bond acceptors (Lipinski definition) is 3. The van der Waals surface area contributed by atoms with Crippen molar-refractivity contribution >= 4 is 24.0 Å². The van der Waals surface area contributed by atoms with Crippen LogP contribution in [0, 0.1) is 0 Å². The minimum Gasteiger partial charge on any atom is -0.492 e. The van der Waals surface area contributed by atoms with Gasteiger partial charge in [0, 0.05) is 14.7 Å². The Balaban J connectivity index is 2.35. The van der Waals surface area contributed by atoms with Crippen molar-refractivity contribution in [3.8, 4) is 5.75 Å². The van der Waals surface area contributed by atoms with Gasteiger partial charge in [0.1, 0.15) is 11.3 Å². The Morgan fingerprint density at radius 1 is 1.44 bits per heavy atom. The summed E-state index contributed by atoms with van der Waals surface area (Å²) in [4.78, 5) is 0. The summed E-state index contributed by atoms with van der Waals surface area (Å²) in [7, 11) is 0.621. The number of methoxy groups -OCH3 is 1. The van der Waals surface area contributed by atoms with Crippen LogP contribution in [0.3, 0.4) is 0 Å². The van der Waals surface area contributed by atoms with Crippen molar-refractivity contribution in [2.75, 3.05) is 13.7 Å². The third kappa shape index (κ3) is 4.27. The first-order valence-electron chi connectivity index (χ1n) is 5.27. The van der Waals surface area contributed by atoms with Gasteiger partial charge in [-0.1, -0.05) is 19.6 Å². The first-order chi connectivity index (χ1) is 7.44. The number of halogens is 1. The summed E-state index contributed by atoms with van der Waals surface area (Å²) in [6, 6.07) is 1.17. The van der Waals surface area contributed by atoms with Crippen molar-refractivity contribution in [3.05, 3.63) is 10.8 Å². The highest BCUT2D eigenvalue weighted by Gasteiger charge is 2.13. The van der Waals surface area contributed by atoms with E-state index < -0.39 is 8.07 Å². The van der Waals surface area contributed by atoms with Gasteiger partial charge in [-0.2, -0.15) is 5.10 Å². The van der Waals surface area contributed by atoms with Crippen LogP contribution in [0.2, 0.25) is 25.7 Å². The molecule has 1 heterocycles. The smallest absolute Gasteiger partial charge is 0.171 e. The molecular weight excluding hydrogens is 288 g/mol. The molecule has 0 aliphatic heterocycles. The molecule has 16 heavy (non-hydrogen) atoms. The van der Waals surface area contributed by atoms with Crippen molar-refractivity contribution in [2.24, 2.45) is 0 Å². The predicted molar refractivity (Wildman–Crippen MR) is 70.6 cm³/mol. The standard InChI is InChI=1S/C10H19BrN2O2Si/c1-14-9-7-12-13(10(9)11)8-15-5-6-16(2,3)4/h7H,5-6,8H2,1-4H3. The predicted octanol–water partition coefficient (Wildman–Crippen LogP) is 2.97. The molecule has 0 fully saturated rings. The molecule has 1 rings (SSSR count). The molecule has 0 aliphatic rings. The summed E-state index contributed by atoms with van der Waals surface area (Å²) in [5.74, 6) is 0.730. The fourth-order valence-corrected chi connectivity index (χ4v) is 2.32. The minimum absolute atomic E-state index is 0.467. The van der Waals surface area contributed by atoms with E-state index in [0.29, 0.717) is 6.73 Å². The molecule has 0 bridgehead atoms. The molecule has 1 aromatic heterocycles. The highest BCUT2D eigenvalue weighted by atomic mass is 79.9. The lowest BCUT2D eigenvalue weighted by molar-refractivity contribution is 0.0767. The number of nitrogens with zero attached hydrogens (tertiary/aromatic N) is 2. The van der Waals surface area contributed by atoms with Gasteiger partial charge in [0.25, 0.3) is 0 Å². The van der Waals surface area contributed by atoms with E-state index in [9.17, 15) is 0 Å². The molecule has 4 nitrogen and oxygen atoms in total. The second-order valence-electron chi connectivity index (χ2n) is 4.85. The molecule has 0 saturated heterocycles. The van der Waals surface area contributed by atoms with Crippen LogP contribution in [-0.2, 0) is 11.5 Å². The molecule has 0 radical (unpaired) electrons. The molecule has 0 aromatic carbocycles. The van der Waals surface area contributed by atoms with E-state index >= 15 is 0 Å². The van der Waals surface area contributed by atoms with E-state index in [4.69, 9.17) is 9.47 Å². The molecule has 0 N–H and O–H groups in total. The number of ether oxygens (including phenoxy) is 2. The van der Waals surface area contributed by atoms with Gasteiger partial charge in [0.2, 0.25) is 0 Å². The van der Waals surface area contributed by atoms with Gasteiger partial charge < -0.3 is 9.47 Å². The zero-order valence-corrected chi connectivity index (χ0v) is 12.9. The van der Waals surface area contributed by atoms with Crippen LogP contribution >= 0.6 is 15.9 Å². The molecule has 0 amide bonds. The molecular formula is C10H19BrN2O2Si. The zero-order valence-electron chi connectivity index (χ0n) is 10.3. The topological polar surface area (TPSA) is 36.3 Å². The largest absolute Gasteiger partial charge is 0.492 e. The third-order valence-electron chi connectivity index (χ3n) is 2.17. The summed E-state index contributed by atoms with van der Waals surface area (Å²) < 4.78 is 13.3. The second-order valence-corrected chi connectivity index (χ2v) is 11.2. The highest BCUT2D eigenvalue weighted by Crippen LogP contribution is 2.23. The highest BCUT2D eigenvalue weighted by molar-refractivity contribution is 9.10. The van der Waals surface area contributed by atoms with Crippen molar-refractivity contribution in [2.45, 2.75) is 32.4 Å². The van der Waals surface area contributed by atoms with Crippen molar-refractivity contribution in [3.63, 3.8) is 0 Å². The van der Waals surface area contributed by atoms with Crippen LogP contribution in [0.4, 0.5) is 0 Å². The van der Waals surface area contributed by atoms with Gasteiger partial charge >= 0.3 is 0 Å². The number of aromatic nitrogens is 2. The van der Waals surface area contributed by atoms with E-state index in [-0.39, 0.29) is 0 Å². The fourth-order valence-electron chi connectivity index (χ4n) is 1.11. The summed E-state index contributed by atoms with van der Waals surface area (Å²) in [6.45, 7) is 8.27. The SMILES string of the molecule is COc1cnn(COCC[Si](C)(C)C)c1Br. The Morgan fingerprint density at radius 2 is 2.12 bits per heavy atom. The van der Waals surface area contributed by atoms with E-state index in [1.807, 2.05) is 0 Å². The number of hydrogen-bond donors (Lipinski definition) is 0. The summed E-state index contributed by atoms with van der Waals surface area (Å²) >= 11 is 3.41. The molecule has 92 valence electrons. The van der Waals surface area contributed by atoms with Crippen molar-refractivity contribution < 1.29 is 9.47 Å². The number of rotatable bonds is 6. The first-order valence-corrected chi connectivity index (χ1v) is 9.77. The Kier molecular flexibility index (Phi) is 5.01. The average Bonchev–Trinajstić information content (AvgIpc) is 2.53. The maximum atomic E-state index is 5.58. The minimum atomic E-state index is -1.00. The summed E-state index contributed by atoms with van der Waals surface area (Å²) in [5.41, 5.74) is 0. The molecule has 0 spiro atoms. The summed E-state index contributed by atoms with van der Waals surface area (Å²) in [5, 5.41) is 4.15. The van der Waals surface area contributed by atoms with E-state index in [1.54, 1.807) is 18.0 Å². The fraction of sp³-hybridized carbons (Fsp3) is 0.700.